The van der Waals surface area contributed by atoms with E-state index < -0.39 is 15.8 Å². The van der Waals surface area contributed by atoms with Crippen molar-refractivity contribution in [1.29, 1.82) is 0 Å². The topological polar surface area (TPSA) is 95.6 Å². The van der Waals surface area contributed by atoms with Crippen LogP contribution in [-0.2, 0) is 14.8 Å². The molecule has 2 aromatic rings. The second-order valence-electron chi connectivity index (χ2n) is 8.13. The lowest BCUT2D eigenvalue weighted by Gasteiger charge is -2.32. The van der Waals surface area contributed by atoms with Crippen LogP contribution in [0, 0.1) is 11.7 Å². The maximum Gasteiger partial charge on any atom is 0.261 e. The number of halogens is 2. The largest absolute Gasteiger partial charge is 0.353 e. The molecule has 1 unspecified atom stereocenters. The van der Waals surface area contributed by atoms with Crippen molar-refractivity contribution >= 4 is 39.1 Å². The number of piperidine rings is 1. The number of hydrogen-bond donors (Lipinski definition) is 2. The lowest BCUT2D eigenvalue weighted by Crippen LogP contribution is -2.45. The summed E-state index contributed by atoms with van der Waals surface area (Å²) in [6, 6.07) is 9.45. The first-order chi connectivity index (χ1) is 15.2. The standard InChI is InChI=1S/C22H23ClFN3O4S/c23-19-12-18(9-10-20(19)24)32(30,31)26-17-5-3-14(4-6-17)22(29)27-11-1-2-15(13-27)21(28)25-16-7-8-16/h3-6,9-10,12,15-16,26H,1-2,7-8,11,13H2,(H,25,28). The highest BCUT2D eigenvalue weighted by molar-refractivity contribution is 7.92. The van der Waals surface area contributed by atoms with Gasteiger partial charge in [-0.05, 0) is 68.1 Å². The molecule has 0 bridgehead atoms. The van der Waals surface area contributed by atoms with Crippen molar-refractivity contribution in [1.82, 2.24) is 10.2 Å². The molecule has 4 rings (SSSR count). The molecule has 2 aromatic carbocycles. The summed E-state index contributed by atoms with van der Waals surface area (Å²) >= 11 is 5.68. The van der Waals surface area contributed by atoms with Gasteiger partial charge in [0.05, 0.1) is 15.8 Å². The number of amides is 2. The van der Waals surface area contributed by atoms with Crippen LogP contribution in [0.1, 0.15) is 36.0 Å². The second kappa shape index (κ2) is 9.07. The molecule has 1 aliphatic heterocycles. The van der Waals surface area contributed by atoms with Gasteiger partial charge in [0.2, 0.25) is 5.91 Å². The zero-order valence-corrected chi connectivity index (χ0v) is 18.8. The lowest BCUT2D eigenvalue weighted by molar-refractivity contribution is -0.126. The van der Waals surface area contributed by atoms with Gasteiger partial charge in [0, 0.05) is 30.4 Å². The normalized spacial score (nSPS) is 18.8. The Hall–Kier alpha value is -2.65. The van der Waals surface area contributed by atoms with E-state index in [0.29, 0.717) is 18.7 Å². The molecule has 2 aliphatic rings. The van der Waals surface area contributed by atoms with E-state index in [-0.39, 0.29) is 39.4 Å². The number of anilines is 1. The van der Waals surface area contributed by atoms with Crippen LogP contribution >= 0.6 is 11.6 Å². The van der Waals surface area contributed by atoms with Gasteiger partial charge in [-0.25, -0.2) is 12.8 Å². The third-order valence-corrected chi connectivity index (χ3v) is 7.26. The first-order valence-corrected chi connectivity index (χ1v) is 12.3. The zero-order chi connectivity index (χ0) is 22.9. The monoisotopic (exact) mass is 479 g/mol. The maximum atomic E-state index is 13.3. The van der Waals surface area contributed by atoms with Gasteiger partial charge in [0.15, 0.2) is 0 Å². The number of nitrogens with one attached hydrogen (secondary N) is 2. The number of hydrogen-bond acceptors (Lipinski definition) is 4. The number of sulfonamides is 1. The van der Waals surface area contributed by atoms with E-state index >= 15 is 0 Å². The van der Waals surface area contributed by atoms with Crippen LogP contribution in [0.5, 0.6) is 0 Å². The Labute approximate surface area is 191 Å². The Morgan fingerprint density at radius 3 is 2.44 bits per heavy atom. The average molecular weight is 480 g/mol. The average Bonchev–Trinajstić information content (AvgIpc) is 3.59. The van der Waals surface area contributed by atoms with E-state index in [1.807, 2.05) is 0 Å². The second-order valence-corrected chi connectivity index (χ2v) is 10.2. The van der Waals surface area contributed by atoms with Crippen molar-refractivity contribution in [2.24, 2.45) is 5.92 Å². The molecular weight excluding hydrogens is 457 g/mol. The Kier molecular flexibility index (Phi) is 6.39. The third kappa shape index (κ3) is 5.21. The van der Waals surface area contributed by atoms with E-state index in [1.165, 1.54) is 24.3 Å². The van der Waals surface area contributed by atoms with Gasteiger partial charge in [-0.1, -0.05) is 11.6 Å². The molecule has 2 amide bonds. The van der Waals surface area contributed by atoms with Crippen molar-refractivity contribution in [3.63, 3.8) is 0 Å². The molecule has 7 nitrogen and oxygen atoms in total. The minimum Gasteiger partial charge on any atom is -0.353 e. The number of carbonyl (C=O) groups is 2. The Morgan fingerprint density at radius 2 is 1.78 bits per heavy atom. The maximum absolute atomic E-state index is 13.3. The van der Waals surface area contributed by atoms with Crippen molar-refractivity contribution in [2.75, 3.05) is 17.8 Å². The molecular formula is C22H23ClFN3O4S. The zero-order valence-electron chi connectivity index (χ0n) is 17.2. The van der Waals surface area contributed by atoms with Crippen LogP contribution in [0.4, 0.5) is 10.1 Å². The minimum absolute atomic E-state index is 0.00986. The van der Waals surface area contributed by atoms with Crippen LogP contribution in [-0.4, -0.2) is 44.3 Å². The minimum atomic E-state index is -3.97. The fourth-order valence-electron chi connectivity index (χ4n) is 3.64. The number of likely N-dealkylation sites (tertiary alicyclic amines) is 1. The Morgan fingerprint density at radius 1 is 1.06 bits per heavy atom. The summed E-state index contributed by atoms with van der Waals surface area (Å²) in [5, 5.41) is 2.71. The van der Waals surface area contributed by atoms with E-state index in [0.717, 1.165) is 43.9 Å². The van der Waals surface area contributed by atoms with Gasteiger partial charge in [-0.15, -0.1) is 0 Å². The van der Waals surface area contributed by atoms with Crippen LogP contribution < -0.4 is 10.0 Å². The van der Waals surface area contributed by atoms with Crippen molar-refractivity contribution in [2.45, 2.75) is 36.6 Å². The summed E-state index contributed by atoms with van der Waals surface area (Å²) in [5.41, 5.74) is 0.656. The van der Waals surface area contributed by atoms with Crippen molar-refractivity contribution in [3.8, 4) is 0 Å². The predicted octanol–water partition coefficient (Wildman–Crippen LogP) is 3.41. The smallest absolute Gasteiger partial charge is 0.261 e. The molecule has 1 saturated carbocycles. The molecule has 1 heterocycles. The molecule has 1 saturated heterocycles. The van der Waals surface area contributed by atoms with Gasteiger partial charge in [-0.2, -0.15) is 0 Å². The highest BCUT2D eigenvalue weighted by atomic mass is 35.5. The Bertz CT molecular complexity index is 1140. The first kappa shape index (κ1) is 22.5. The van der Waals surface area contributed by atoms with Gasteiger partial charge in [0.25, 0.3) is 15.9 Å². The summed E-state index contributed by atoms with van der Waals surface area (Å²) in [7, 11) is -3.97. The number of nitrogens with zero attached hydrogens (tertiary/aromatic N) is 1. The van der Waals surface area contributed by atoms with Crippen LogP contribution in [0.15, 0.2) is 47.4 Å². The molecule has 2 N–H and O–H groups in total. The van der Waals surface area contributed by atoms with Crippen LogP contribution in [0.25, 0.3) is 0 Å². The highest BCUT2D eigenvalue weighted by Gasteiger charge is 2.32. The van der Waals surface area contributed by atoms with E-state index in [4.69, 9.17) is 11.6 Å². The van der Waals surface area contributed by atoms with Crippen molar-refractivity contribution in [3.05, 3.63) is 58.9 Å². The summed E-state index contributed by atoms with van der Waals surface area (Å²) in [6.07, 6.45) is 3.56. The van der Waals surface area contributed by atoms with Gasteiger partial charge >= 0.3 is 0 Å². The summed E-state index contributed by atoms with van der Waals surface area (Å²) < 4.78 is 40.7. The molecule has 32 heavy (non-hydrogen) atoms. The summed E-state index contributed by atoms with van der Waals surface area (Å²) in [6.45, 7) is 0.947. The van der Waals surface area contributed by atoms with Crippen LogP contribution in [0.3, 0.4) is 0 Å². The van der Waals surface area contributed by atoms with E-state index in [2.05, 4.69) is 10.0 Å². The molecule has 10 heteroatoms. The SMILES string of the molecule is O=C(NC1CC1)C1CCCN(C(=O)c2ccc(NS(=O)(=O)c3ccc(F)c(Cl)c3)cc2)C1. The summed E-state index contributed by atoms with van der Waals surface area (Å²) in [4.78, 5) is 26.7. The quantitative estimate of drug-likeness (QED) is 0.663. The number of rotatable bonds is 6. The number of carbonyl (C=O) groups excluding carboxylic acids is 2. The van der Waals surface area contributed by atoms with Crippen molar-refractivity contribution < 1.29 is 22.4 Å². The van der Waals surface area contributed by atoms with Crippen LogP contribution in [0.2, 0.25) is 5.02 Å². The van der Waals surface area contributed by atoms with Gasteiger partial charge in [0.1, 0.15) is 5.82 Å². The number of benzene rings is 2. The fourth-order valence-corrected chi connectivity index (χ4v) is 4.97. The fraction of sp³-hybridized carbons (Fsp3) is 0.364. The van der Waals surface area contributed by atoms with E-state index in [9.17, 15) is 22.4 Å². The first-order valence-electron chi connectivity index (χ1n) is 10.4. The molecule has 0 aromatic heterocycles. The summed E-state index contributed by atoms with van der Waals surface area (Å²) in [5.74, 6) is -1.11. The van der Waals surface area contributed by atoms with Gasteiger partial charge in [-0.3, -0.25) is 14.3 Å². The molecule has 1 aliphatic carbocycles. The lowest BCUT2D eigenvalue weighted by atomic mass is 9.96. The Balaban J connectivity index is 1.40. The highest BCUT2D eigenvalue weighted by Crippen LogP contribution is 2.24. The molecule has 170 valence electrons. The predicted molar refractivity (Wildman–Crippen MR) is 118 cm³/mol. The molecule has 0 radical (unpaired) electrons. The molecule has 0 spiro atoms. The molecule has 2 fully saturated rings. The molecule has 1 atom stereocenters. The third-order valence-electron chi connectivity index (χ3n) is 5.59. The van der Waals surface area contributed by atoms with Gasteiger partial charge < -0.3 is 10.2 Å². The van der Waals surface area contributed by atoms with E-state index in [1.54, 1.807) is 4.90 Å².